The molecule has 146 valence electrons. The van der Waals surface area contributed by atoms with Gasteiger partial charge in [-0.1, -0.05) is 60.2 Å². The van der Waals surface area contributed by atoms with Crippen molar-refractivity contribution >= 4 is 17.7 Å². The second kappa shape index (κ2) is 9.56. The van der Waals surface area contributed by atoms with Gasteiger partial charge in [-0.15, -0.1) is 0 Å². The van der Waals surface area contributed by atoms with E-state index in [1.54, 1.807) is 12.3 Å². The summed E-state index contributed by atoms with van der Waals surface area (Å²) in [5, 5.41) is 0. The number of rotatable bonds is 6. The summed E-state index contributed by atoms with van der Waals surface area (Å²) in [6.45, 7) is 9.77. The van der Waals surface area contributed by atoms with Gasteiger partial charge in [0.1, 0.15) is 11.5 Å². The predicted octanol–water partition coefficient (Wildman–Crippen LogP) is 7.04. The Hall–Kier alpha value is -3.59. The van der Waals surface area contributed by atoms with E-state index in [1.807, 2.05) is 93.6 Å². The summed E-state index contributed by atoms with van der Waals surface area (Å²) in [7, 11) is 0. The fraction of sp³-hybridized carbons (Fsp3) is 0.115. The van der Waals surface area contributed by atoms with E-state index >= 15 is 0 Å². The maximum atomic E-state index is 6.08. The van der Waals surface area contributed by atoms with E-state index in [9.17, 15) is 0 Å². The maximum absolute atomic E-state index is 6.08. The van der Waals surface area contributed by atoms with Gasteiger partial charge in [0.2, 0.25) is 5.90 Å². The minimum atomic E-state index is 0.486. The fourth-order valence-corrected chi connectivity index (χ4v) is 2.54. The topological polar surface area (TPSA) is 30.8 Å². The molecule has 0 amide bonds. The van der Waals surface area contributed by atoms with Crippen molar-refractivity contribution < 1.29 is 9.47 Å². The number of aliphatic imine (C=N–C) groups is 1. The average Bonchev–Trinajstić information content (AvgIpc) is 2.75. The smallest absolute Gasteiger partial charge is 0.225 e. The molecule has 0 N–H and O–H groups in total. The van der Waals surface area contributed by atoms with Gasteiger partial charge in [0.05, 0.1) is 11.9 Å². The molecule has 0 spiro atoms. The zero-order chi connectivity index (χ0) is 20.6. The molecule has 3 aromatic rings. The first kappa shape index (κ1) is 20.2. The second-order valence-electron chi connectivity index (χ2n) is 6.86. The number of nitrogens with zero attached hydrogens (tertiary/aromatic N) is 1. The van der Waals surface area contributed by atoms with E-state index in [4.69, 9.17) is 9.47 Å². The molecule has 3 heteroatoms. The average molecular weight is 383 g/mol. The second-order valence-corrected chi connectivity index (χ2v) is 6.86. The van der Waals surface area contributed by atoms with Crippen molar-refractivity contribution in [1.29, 1.82) is 0 Å². The Bertz CT molecular complexity index is 1010. The lowest BCUT2D eigenvalue weighted by molar-refractivity contribution is 0.473. The van der Waals surface area contributed by atoms with Crippen LogP contribution in [-0.4, -0.2) is 5.90 Å². The number of aryl methyl sites for hydroxylation is 2. The van der Waals surface area contributed by atoms with Gasteiger partial charge in [-0.25, -0.2) is 4.99 Å². The molecule has 0 aliphatic rings. The molecule has 0 bridgehead atoms. The van der Waals surface area contributed by atoms with Gasteiger partial charge in [0.25, 0.3) is 0 Å². The number of benzene rings is 3. The summed E-state index contributed by atoms with van der Waals surface area (Å²) in [6, 6.07) is 23.6. The third-order valence-electron chi connectivity index (χ3n) is 4.33. The molecule has 0 aliphatic carbocycles. The lowest BCUT2D eigenvalue weighted by Gasteiger charge is -2.11. The highest BCUT2D eigenvalue weighted by atomic mass is 16.5. The lowest BCUT2D eigenvalue weighted by atomic mass is 10.2. The van der Waals surface area contributed by atoms with Gasteiger partial charge < -0.3 is 9.47 Å². The molecule has 0 radical (unpaired) electrons. The summed E-state index contributed by atoms with van der Waals surface area (Å²) in [5.74, 6) is 1.95. The van der Waals surface area contributed by atoms with Crippen molar-refractivity contribution in [2.24, 2.45) is 4.99 Å². The van der Waals surface area contributed by atoms with Gasteiger partial charge in [-0.05, 0) is 62.7 Å². The molecular weight excluding hydrogens is 358 g/mol. The molecule has 3 rings (SSSR count). The molecule has 0 heterocycles. The number of ether oxygens (including phenoxy) is 2. The normalized spacial score (nSPS) is 11.8. The molecule has 0 atom stereocenters. The lowest BCUT2D eigenvalue weighted by Crippen LogP contribution is -2.11. The maximum Gasteiger partial charge on any atom is 0.225 e. The summed E-state index contributed by atoms with van der Waals surface area (Å²) in [5.41, 5.74) is 5.00. The Morgan fingerprint density at radius 3 is 1.93 bits per heavy atom. The summed E-state index contributed by atoms with van der Waals surface area (Å²) >= 11 is 0. The Kier molecular flexibility index (Phi) is 6.64. The van der Waals surface area contributed by atoms with E-state index in [2.05, 4.69) is 11.6 Å². The Balaban J connectivity index is 1.86. The Morgan fingerprint density at radius 1 is 0.793 bits per heavy atom. The van der Waals surface area contributed by atoms with E-state index < -0.39 is 0 Å². The van der Waals surface area contributed by atoms with E-state index in [0.717, 1.165) is 28.3 Å². The highest BCUT2D eigenvalue weighted by Gasteiger charge is 2.08. The molecule has 0 unspecified atom stereocenters. The van der Waals surface area contributed by atoms with Crippen LogP contribution in [0.5, 0.6) is 11.5 Å². The molecular formula is C26H25NO2. The van der Waals surface area contributed by atoms with Gasteiger partial charge in [0.15, 0.2) is 0 Å². The van der Waals surface area contributed by atoms with Crippen LogP contribution in [-0.2, 0) is 0 Å². The molecule has 0 saturated carbocycles. The van der Waals surface area contributed by atoms with Gasteiger partial charge >= 0.3 is 0 Å². The molecule has 3 nitrogen and oxygen atoms in total. The van der Waals surface area contributed by atoms with Crippen molar-refractivity contribution in [1.82, 2.24) is 0 Å². The molecule has 0 saturated heterocycles. The third-order valence-corrected chi connectivity index (χ3v) is 4.33. The van der Waals surface area contributed by atoms with Gasteiger partial charge in [-0.2, -0.15) is 0 Å². The van der Waals surface area contributed by atoms with Gasteiger partial charge in [0, 0.05) is 5.57 Å². The minimum Gasteiger partial charge on any atom is -0.465 e. The summed E-state index contributed by atoms with van der Waals surface area (Å²) < 4.78 is 11.9. The van der Waals surface area contributed by atoms with Crippen molar-refractivity contribution in [2.75, 3.05) is 0 Å². The molecule has 29 heavy (non-hydrogen) atoms. The van der Waals surface area contributed by atoms with Crippen molar-refractivity contribution in [2.45, 2.75) is 20.8 Å². The van der Waals surface area contributed by atoms with Crippen molar-refractivity contribution in [3.05, 3.63) is 108 Å². The molecule has 0 fully saturated rings. The highest BCUT2D eigenvalue weighted by molar-refractivity contribution is 5.96. The van der Waals surface area contributed by atoms with Crippen LogP contribution in [0.1, 0.15) is 23.6 Å². The first-order valence-electron chi connectivity index (χ1n) is 9.49. The van der Waals surface area contributed by atoms with Crippen LogP contribution >= 0.6 is 0 Å². The van der Waals surface area contributed by atoms with Crippen LogP contribution in [0.3, 0.4) is 0 Å². The quantitative estimate of drug-likeness (QED) is 0.260. The van der Waals surface area contributed by atoms with Crippen molar-refractivity contribution in [3.8, 4) is 11.5 Å². The van der Waals surface area contributed by atoms with Crippen LogP contribution in [0.4, 0.5) is 5.69 Å². The standard InChI is InChI=1S/C26H25NO2/c1-5-22-10-16-24(17-11-22)28-18-21(4)26(27-23-12-6-19(2)7-13-23)29-25-14-8-20(3)9-15-25/h5-18H,1H2,2-4H3. The minimum absolute atomic E-state index is 0.486. The Labute approximate surface area is 172 Å². The van der Waals surface area contributed by atoms with E-state index in [-0.39, 0.29) is 0 Å². The summed E-state index contributed by atoms with van der Waals surface area (Å²) in [6.07, 6.45) is 3.46. The van der Waals surface area contributed by atoms with Crippen LogP contribution < -0.4 is 9.47 Å². The SMILES string of the molecule is C=Cc1ccc(OC=C(C)C(=Nc2ccc(C)cc2)Oc2ccc(C)cc2)cc1. The van der Waals surface area contributed by atoms with Gasteiger partial charge in [-0.3, -0.25) is 0 Å². The zero-order valence-corrected chi connectivity index (χ0v) is 17.1. The monoisotopic (exact) mass is 383 g/mol. The zero-order valence-electron chi connectivity index (χ0n) is 17.1. The Morgan fingerprint density at radius 2 is 1.34 bits per heavy atom. The van der Waals surface area contributed by atoms with Crippen LogP contribution in [0.25, 0.3) is 6.08 Å². The fourth-order valence-electron chi connectivity index (χ4n) is 2.54. The molecule has 3 aromatic carbocycles. The largest absolute Gasteiger partial charge is 0.465 e. The highest BCUT2D eigenvalue weighted by Crippen LogP contribution is 2.20. The third kappa shape index (κ3) is 5.94. The molecule has 0 aliphatic heterocycles. The first-order valence-corrected chi connectivity index (χ1v) is 9.49. The number of hydrogen-bond donors (Lipinski definition) is 0. The first-order chi connectivity index (χ1) is 14.0. The summed E-state index contributed by atoms with van der Waals surface area (Å²) in [4.78, 5) is 4.69. The van der Waals surface area contributed by atoms with E-state index in [0.29, 0.717) is 5.90 Å². The van der Waals surface area contributed by atoms with Crippen molar-refractivity contribution in [3.63, 3.8) is 0 Å². The van der Waals surface area contributed by atoms with Crippen LogP contribution in [0.2, 0.25) is 0 Å². The number of hydrogen-bond acceptors (Lipinski definition) is 3. The van der Waals surface area contributed by atoms with Crippen LogP contribution in [0.15, 0.2) is 96.2 Å². The predicted molar refractivity (Wildman–Crippen MR) is 121 cm³/mol. The molecule has 0 aromatic heterocycles. The van der Waals surface area contributed by atoms with Crippen LogP contribution in [0, 0.1) is 13.8 Å². The van der Waals surface area contributed by atoms with E-state index in [1.165, 1.54) is 11.1 Å².